The molecule has 0 aromatic heterocycles. The van der Waals surface area contributed by atoms with Crippen LogP contribution in [0.15, 0.2) is 27.6 Å². The van der Waals surface area contributed by atoms with Crippen LogP contribution in [-0.4, -0.2) is 30.7 Å². The largest absolute Gasteiger partial charge is 0.260 e. The number of nitrogens with one attached hydrogen (secondary N) is 1. The second kappa shape index (κ2) is 7.17. The Labute approximate surface area is 129 Å². The molecule has 2 atom stereocenters. The van der Waals surface area contributed by atoms with E-state index in [1.54, 1.807) is 13.2 Å². The van der Waals surface area contributed by atoms with Crippen molar-refractivity contribution in [1.82, 2.24) is 4.72 Å². The molecule has 0 saturated heterocycles. The zero-order chi connectivity index (χ0) is 14.6. The van der Waals surface area contributed by atoms with Crippen LogP contribution in [0.1, 0.15) is 13.3 Å². The van der Waals surface area contributed by atoms with Crippen LogP contribution in [-0.2, 0) is 20.8 Å². The zero-order valence-corrected chi connectivity index (χ0v) is 14.5. The molecule has 0 amide bonds. The van der Waals surface area contributed by atoms with Gasteiger partial charge in [-0.1, -0.05) is 11.6 Å². The molecule has 8 heteroatoms. The van der Waals surface area contributed by atoms with E-state index in [9.17, 15) is 12.6 Å². The molecule has 1 aromatic rings. The molecule has 0 radical (unpaired) electrons. The number of rotatable bonds is 6. The van der Waals surface area contributed by atoms with Gasteiger partial charge in [-0.15, -0.1) is 0 Å². The Morgan fingerprint density at radius 2 is 2.11 bits per heavy atom. The van der Waals surface area contributed by atoms with E-state index >= 15 is 0 Å². The van der Waals surface area contributed by atoms with Crippen LogP contribution in [0, 0.1) is 0 Å². The van der Waals surface area contributed by atoms with Crippen molar-refractivity contribution in [3.63, 3.8) is 0 Å². The molecular weight excluding hydrogens is 374 g/mol. The Bertz CT molecular complexity index is 577. The Hall–Kier alpha value is 0.0500. The summed E-state index contributed by atoms with van der Waals surface area (Å²) in [7, 11) is -4.51. The Balaban J connectivity index is 2.80. The van der Waals surface area contributed by atoms with Crippen molar-refractivity contribution in [2.24, 2.45) is 0 Å². The average molecular weight is 389 g/mol. The van der Waals surface area contributed by atoms with Gasteiger partial charge in [0.25, 0.3) is 0 Å². The van der Waals surface area contributed by atoms with E-state index in [1.165, 1.54) is 18.2 Å². The van der Waals surface area contributed by atoms with Gasteiger partial charge < -0.3 is 0 Å². The molecule has 0 fully saturated rings. The fourth-order valence-corrected chi connectivity index (χ4v) is 4.02. The minimum Gasteiger partial charge on any atom is -0.260 e. The maximum absolute atomic E-state index is 12.1. The highest BCUT2D eigenvalue weighted by atomic mass is 79.9. The standard InChI is InChI=1S/C11H15BrClNO3S2/c1-8(5-6-18(2)15)14-19(16,17)9-3-4-11(13)10(12)7-9/h3-4,7-8,14H,5-6H2,1-2H3. The first-order chi connectivity index (χ1) is 8.72. The van der Waals surface area contributed by atoms with Crippen LogP contribution in [0.3, 0.4) is 0 Å². The smallest absolute Gasteiger partial charge is 0.240 e. The van der Waals surface area contributed by atoms with Gasteiger partial charge in [0.2, 0.25) is 10.0 Å². The van der Waals surface area contributed by atoms with Gasteiger partial charge in [-0.25, -0.2) is 13.1 Å². The molecule has 108 valence electrons. The summed E-state index contributed by atoms with van der Waals surface area (Å²) in [6.45, 7) is 1.75. The number of hydrogen-bond acceptors (Lipinski definition) is 3. The van der Waals surface area contributed by atoms with Crippen molar-refractivity contribution >= 4 is 48.4 Å². The van der Waals surface area contributed by atoms with Crippen LogP contribution in [0.5, 0.6) is 0 Å². The maximum atomic E-state index is 12.1. The van der Waals surface area contributed by atoms with Gasteiger partial charge in [0.1, 0.15) is 0 Å². The van der Waals surface area contributed by atoms with Crippen molar-refractivity contribution in [1.29, 1.82) is 0 Å². The monoisotopic (exact) mass is 387 g/mol. The van der Waals surface area contributed by atoms with E-state index in [-0.39, 0.29) is 10.9 Å². The lowest BCUT2D eigenvalue weighted by atomic mass is 10.3. The second-order valence-electron chi connectivity index (χ2n) is 4.16. The Morgan fingerprint density at radius 3 is 2.63 bits per heavy atom. The Morgan fingerprint density at radius 1 is 1.47 bits per heavy atom. The summed E-state index contributed by atoms with van der Waals surface area (Å²) in [5.41, 5.74) is 0. The molecule has 4 nitrogen and oxygen atoms in total. The quantitative estimate of drug-likeness (QED) is 0.814. The van der Waals surface area contributed by atoms with Crippen molar-refractivity contribution in [2.75, 3.05) is 12.0 Å². The molecule has 0 heterocycles. The lowest BCUT2D eigenvalue weighted by molar-refractivity contribution is 0.555. The van der Waals surface area contributed by atoms with Crippen LogP contribution in [0.2, 0.25) is 5.02 Å². The lowest BCUT2D eigenvalue weighted by Gasteiger charge is -2.14. The van der Waals surface area contributed by atoms with Crippen LogP contribution in [0.25, 0.3) is 0 Å². The predicted octanol–water partition coefficient (Wildman–Crippen LogP) is 2.54. The molecule has 1 N–H and O–H groups in total. The van der Waals surface area contributed by atoms with E-state index in [0.717, 1.165) is 0 Å². The first kappa shape index (κ1) is 17.1. The minimum absolute atomic E-state index is 0.147. The summed E-state index contributed by atoms with van der Waals surface area (Å²) in [4.78, 5) is 0.147. The molecule has 0 spiro atoms. The van der Waals surface area contributed by atoms with Gasteiger partial charge in [-0.2, -0.15) is 0 Å². The van der Waals surface area contributed by atoms with E-state index < -0.39 is 20.8 Å². The van der Waals surface area contributed by atoms with E-state index in [4.69, 9.17) is 11.6 Å². The highest BCUT2D eigenvalue weighted by molar-refractivity contribution is 9.10. The first-order valence-electron chi connectivity index (χ1n) is 5.50. The van der Waals surface area contributed by atoms with Gasteiger partial charge in [0, 0.05) is 33.3 Å². The van der Waals surface area contributed by atoms with Gasteiger partial charge in [0.05, 0.1) is 9.92 Å². The van der Waals surface area contributed by atoms with Crippen molar-refractivity contribution in [2.45, 2.75) is 24.3 Å². The SMILES string of the molecule is CC(CCS(C)=O)NS(=O)(=O)c1ccc(Cl)c(Br)c1. The lowest BCUT2D eigenvalue weighted by Crippen LogP contribution is -2.33. The summed E-state index contributed by atoms with van der Waals surface area (Å²) >= 11 is 9.02. The number of sulfonamides is 1. The highest BCUT2D eigenvalue weighted by Gasteiger charge is 2.18. The third kappa shape index (κ3) is 5.51. The highest BCUT2D eigenvalue weighted by Crippen LogP contribution is 2.25. The third-order valence-electron chi connectivity index (χ3n) is 2.40. The summed E-state index contributed by atoms with van der Waals surface area (Å²) in [5, 5.41) is 0.452. The van der Waals surface area contributed by atoms with E-state index in [1.807, 2.05) is 0 Å². The topological polar surface area (TPSA) is 63.2 Å². The Kier molecular flexibility index (Phi) is 6.46. The van der Waals surface area contributed by atoms with Gasteiger partial charge >= 0.3 is 0 Å². The molecule has 0 saturated carbocycles. The summed E-state index contributed by atoms with van der Waals surface area (Å²) < 4.78 is 38.3. The second-order valence-corrected chi connectivity index (χ2v) is 8.69. The maximum Gasteiger partial charge on any atom is 0.240 e. The molecule has 2 unspecified atom stereocenters. The predicted molar refractivity (Wildman–Crippen MR) is 82.5 cm³/mol. The number of hydrogen-bond donors (Lipinski definition) is 1. The summed E-state index contributed by atoms with van der Waals surface area (Å²) in [5.74, 6) is 0.466. The number of halogens is 2. The fraction of sp³-hybridized carbons (Fsp3) is 0.455. The van der Waals surface area contributed by atoms with E-state index in [0.29, 0.717) is 21.7 Å². The third-order valence-corrected chi connectivity index (χ3v) is 6.01. The molecular formula is C11H15BrClNO3S2. The summed E-state index contributed by atoms with van der Waals surface area (Å²) in [6, 6.07) is 4.14. The van der Waals surface area contributed by atoms with Crippen LogP contribution in [0.4, 0.5) is 0 Å². The van der Waals surface area contributed by atoms with Gasteiger partial charge in [0.15, 0.2) is 0 Å². The molecule has 0 aliphatic rings. The zero-order valence-electron chi connectivity index (χ0n) is 10.5. The van der Waals surface area contributed by atoms with Crippen LogP contribution < -0.4 is 4.72 Å². The van der Waals surface area contributed by atoms with Crippen molar-refractivity contribution in [3.8, 4) is 0 Å². The molecule has 1 aromatic carbocycles. The first-order valence-corrected chi connectivity index (χ1v) is 9.88. The molecule has 19 heavy (non-hydrogen) atoms. The van der Waals surface area contributed by atoms with Gasteiger partial charge in [-0.3, -0.25) is 4.21 Å². The molecule has 0 bridgehead atoms. The average Bonchev–Trinajstić information content (AvgIpc) is 2.29. The number of benzene rings is 1. The van der Waals surface area contributed by atoms with Crippen molar-refractivity contribution < 1.29 is 12.6 Å². The van der Waals surface area contributed by atoms with Crippen LogP contribution >= 0.6 is 27.5 Å². The summed E-state index contributed by atoms with van der Waals surface area (Å²) in [6.07, 6.45) is 2.12. The van der Waals surface area contributed by atoms with E-state index in [2.05, 4.69) is 20.7 Å². The normalized spacial score (nSPS) is 15.2. The minimum atomic E-state index is -3.58. The molecule has 1 rings (SSSR count). The fourth-order valence-electron chi connectivity index (χ4n) is 1.38. The van der Waals surface area contributed by atoms with Crippen molar-refractivity contribution in [3.05, 3.63) is 27.7 Å². The van der Waals surface area contributed by atoms with Gasteiger partial charge in [-0.05, 0) is 47.5 Å². The molecule has 0 aliphatic carbocycles. The molecule has 0 aliphatic heterocycles.